The quantitative estimate of drug-likeness (QED) is 0.165. The highest BCUT2D eigenvalue weighted by molar-refractivity contribution is 9.10. The maximum atomic E-state index is 12.3. The predicted molar refractivity (Wildman–Crippen MR) is 118 cm³/mol. The van der Waals surface area contributed by atoms with Gasteiger partial charge in [0, 0.05) is 4.47 Å². The van der Waals surface area contributed by atoms with Crippen LogP contribution in [-0.4, -0.2) is 43.2 Å². The summed E-state index contributed by atoms with van der Waals surface area (Å²) >= 11 is 3.62. The van der Waals surface area contributed by atoms with Gasteiger partial charge in [-0.3, -0.25) is 0 Å². The average molecular weight is 439 g/mol. The molecule has 0 saturated heterocycles. The number of carbonyl (C=O) groups excluding carboxylic acids is 1. The van der Waals surface area contributed by atoms with Gasteiger partial charge in [0.2, 0.25) is 0 Å². The van der Waals surface area contributed by atoms with Crippen LogP contribution >= 0.6 is 15.9 Å². The smallest absolute Gasteiger partial charge is 0.361 e. The second kappa shape index (κ2) is 13.1. The summed E-state index contributed by atoms with van der Waals surface area (Å²) in [5.74, 6) is -0.0629. The number of ether oxygens (including phenoxy) is 1. The van der Waals surface area contributed by atoms with Crippen molar-refractivity contribution < 1.29 is 14.0 Å². The summed E-state index contributed by atoms with van der Waals surface area (Å²) in [6, 6.07) is 8.34. The Morgan fingerprint density at radius 1 is 1.11 bits per heavy atom. The highest BCUT2D eigenvalue weighted by Gasteiger charge is 2.26. The molecule has 3 nitrogen and oxygen atoms in total. The van der Waals surface area contributed by atoms with Crippen LogP contribution in [0.5, 0.6) is 0 Å². The molecule has 0 aliphatic rings. The number of benzene rings is 1. The molecule has 0 radical (unpaired) electrons. The van der Waals surface area contributed by atoms with Gasteiger partial charge in [-0.05, 0) is 51.3 Å². The van der Waals surface area contributed by atoms with E-state index in [0.717, 1.165) is 47.9 Å². The Balaban J connectivity index is 2.59. The first-order valence-electron chi connectivity index (χ1n) is 10.4. The lowest BCUT2D eigenvalue weighted by atomic mass is 10.1. The molecule has 0 saturated carbocycles. The van der Waals surface area contributed by atoms with Gasteiger partial charge in [-0.2, -0.15) is 0 Å². The number of esters is 1. The second-order valence-electron chi connectivity index (χ2n) is 7.41. The third-order valence-electron chi connectivity index (χ3n) is 5.32. The first-order chi connectivity index (χ1) is 13.0. The summed E-state index contributed by atoms with van der Waals surface area (Å²) in [5.41, 5.74) is 2.63. The molecular formula is C23H37BrNO2+. The van der Waals surface area contributed by atoms with Crippen LogP contribution in [0.4, 0.5) is 0 Å². The molecule has 1 rings (SSSR count). The van der Waals surface area contributed by atoms with E-state index < -0.39 is 0 Å². The van der Waals surface area contributed by atoms with Gasteiger partial charge in [-0.1, -0.05) is 65.9 Å². The first-order valence-corrected chi connectivity index (χ1v) is 11.2. The number of likely N-dealkylation sites (N-methyl/N-ethyl adjacent to an activating group) is 1. The van der Waals surface area contributed by atoms with Crippen molar-refractivity contribution in [3.63, 3.8) is 0 Å². The minimum atomic E-state index is -0.0629. The highest BCUT2D eigenvalue weighted by atomic mass is 79.9. The normalized spacial score (nSPS) is 12.3. The van der Waals surface area contributed by atoms with E-state index in [1.807, 2.05) is 6.07 Å². The topological polar surface area (TPSA) is 26.3 Å². The van der Waals surface area contributed by atoms with Gasteiger partial charge in [0.15, 0.2) is 6.54 Å². The van der Waals surface area contributed by atoms with Crippen molar-refractivity contribution in [3.8, 4) is 0 Å². The number of carbonyl (C=O) groups is 1. The van der Waals surface area contributed by atoms with E-state index in [2.05, 4.69) is 67.9 Å². The number of nitrogens with zero attached hydrogens (tertiary/aromatic N) is 1. The number of hydrogen-bond donors (Lipinski definition) is 0. The molecule has 1 aromatic carbocycles. The fraction of sp³-hybridized carbons (Fsp3) is 0.609. The molecular weight excluding hydrogens is 402 g/mol. The Labute approximate surface area is 174 Å². The summed E-state index contributed by atoms with van der Waals surface area (Å²) in [5, 5.41) is 0. The number of allylic oxidation sites excluding steroid dienone is 1. The zero-order chi connectivity index (χ0) is 20.1. The van der Waals surface area contributed by atoms with Crippen LogP contribution in [0.1, 0.15) is 58.9 Å². The zero-order valence-corrected chi connectivity index (χ0v) is 19.2. The molecule has 0 amide bonds. The van der Waals surface area contributed by atoms with E-state index in [1.54, 1.807) is 0 Å². The van der Waals surface area contributed by atoms with Crippen LogP contribution in [-0.2, 0) is 16.0 Å². The molecule has 0 fully saturated rings. The zero-order valence-electron chi connectivity index (χ0n) is 17.6. The fourth-order valence-electron chi connectivity index (χ4n) is 3.17. The summed E-state index contributed by atoms with van der Waals surface area (Å²) in [7, 11) is 0. The minimum Gasteiger partial charge on any atom is -0.462 e. The average Bonchev–Trinajstić information content (AvgIpc) is 2.67. The van der Waals surface area contributed by atoms with Gasteiger partial charge in [0.25, 0.3) is 0 Å². The Morgan fingerprint density at radius 3 is 2.44 bits per heavy atom. The largest absolute Gasteiger partial charge is 0.462 e. The van der Waals surface area contributed by atoms with E-state index in [1.165, 1.54) is 24.0 Å². The minimum absolute atomic E-state index is 0.0629. The Bertz CT molecular complexity index is 594. The standard InChI is InChI=1S/C23H37BrNO2/c1-5-8-9-12-17-27-23(26)19-25(6-2,7-3)16-15-20(4)18-21-13-10-11-14-22(21)24/h10-11,13-15H,5-9,12,16-19H2,1-4H3/q+1/b20-15+. The molecule has 4 heteroatoms. The number of unbranched alkanes of at least 4 members (excludes halogenated alkanes) is 3. The number of hydrogen-bond acceptors (Lipinski definition) is 2. The highest BCUT2D eigenvalue weighted by Crippen LogP contribution is 2.19. The Hall–Kier alpha value is -1.13. The van der Waals surface area contributed by atoms with E-state index in [-0.39, 0.29) is 5.97 Å². The summed E-state index contributed by atoms with van der Waals surface area (Å²) < 4.78 is 7.38. The molecule has 0 aromatic heterocycles. The molecule has 0 N–H and O–H groups in total. The predicted octanol–water partition coefficient (Wildman–Crippen LogP) is 5.92. The molecule has 0 heterocycles. The van der Waals surface area contributed by atoms with Gasteiger partial charge < -0.3 is 9.22 Å². The third kappa shape index (κ3) is 9.07. The molecule has 0 unspecified atom stereocenters. The van der Waals surface area contributed by atoms with Crippen molar-refractivity contribution in [2.75, 3.05) is 32.8 Å². The van der Waals surface area contributed by atoms with Crippen molar-refractivity contribution in [2.45, 2.75) is 59.8 Å². The van der Waals surface area contributed by atoms with Crippen molar-refractivity contribution in [3.05, 3.63) is 46.0 Å². The van der Waals surface area contributed by atoms with Gasteiger partial charge in [0.05, 0.1) is 26.2 Å². The fourth-order valence-corrected chi connectivity index (χ4v) is 3.59. The Kier molecular flexibility index (Phi) is 11.6. The summed E-state index contributed by atoms with van der Waals surface area (Å²) in [4.78, 5) is 12.3. The van der Waals surface area contributed by atoms with Crippen LogP contribution in [0.15, 0.2) is 40.4 Å². The lowest BCUT2D eigenvalue weighted by molar-refractivity contribution is -0.912. The van der Waals surface area contributed by atoms with E-state index in [0.29, 0.717) is 13.2 Å². The molecule has 1 aromatic rings. The Morgan fingerprint density at radius 2 is 1.81 bits per heavy atom. The monoisotopic (exact) mass is 438 g/mol. The second-order valence-corrected chi connectivity index (χ2v) is 8.27. The molecule has 0 aliphatic heterocycles. The van der Waals surface area contributed by atoms with E-state index in [9.17, 15) is 4.79 Å². The van der Waals surface area contributed by atoms with Gasteiger partial charge in [-0.15, -0.1) is 0 Å². The maximum absolute atomic E-state index is 12.3. The van der Waals surface area contributed by atoms with Crippen LogP contribution in [0.25, 0.3) is 0 Å². The molecule has 27 heavy (non-hydrogen) atoms. The lowest BCUT2D eigenvalue weighted by Gasteiger charge is -2.35. The number of halogens is 1. The van der Waals surface area contributed by atoms with E-state index >= 15 is 0 Å². The summed E-state index contributed by atoms with van der Waals surface area (Å²) in [6.45, 7) is 12.4. The van der Waals surface area contributed by atoms with Crippen LogP contribution in [0.2, 0.25) is 0 Å². The summed E-state index contributed by atoms with van der Waals surface area (Å²) in [6.07, 6.45) is 7.75. The van der Waals surface area contributed by atoms with Crippen molar-refractivity contribution in [2.24, 2.45) is 0 Å². The molecule has 0 spiro atoms. The maximum Gasteiger partial charge on any atom is 0.361 e. The van der Waals surface area contributed by atoms with Gasteiger partial charge in [-0.25, -0.2) is 4.79 Å². The van der Waals surface area contributed by atoms with Gasteiger partial charge >= 0.3 is 5.97 Å². The lowest BCUT2D eigenvalue weighted by Crippen LogP contribution is -2.51. The SMILES string of the molecule is CCCCCCOC(=O)C[N+](CC)(CC)C/C=C(\C)Cc1ccccc1Br. The van der Waals surface area contributed by atoms with Crippen molar-refractivity contribution in [1.82, 2.24) is 0 Å². The van der Waals surface area contributed by atoms with Crippen LogP contribution in [0.3, 0.4) is 0 Å². The van der Waals surface area contributed by atoms with Gasteiger partial charge in [0.1, 0.15) is 0 Å². The number of rotatable bonds is 13. The van der Waals surface area contributed by atoms with Crippen LogP contribution in [0, 0.1) is 0 Å². The molecule has 152 valence electrons. The van der Waals surface area contributed by atoms with Crippen LogP contribution < -0.4 is 0 Å². The molecule has 0 bridgehead atoms. The van der Waals surface area contributed by atoms with Crippen molar-refractivity contribution in [1.29, 1.82) is 0 Å². The molecule has 0 aliphatic carbocycles. The third-order valence-corrected chi connectivity index (χ3v) is 6.09. The van der Waals surface area contributed by atoms with E-state index in [4.69, 9.17) is 4.74 Å². The number of quaternary nitrogens is 1. The van der Waals surface area contributed by atoms with Crippen molar-refractivity contribution >= 4 is 21.9 Å². The first kappa shape index (κ1) is 23.9. The molecule has 0 atom stereocenters.